The zero-order valence-electron chi connectivity index (χ0n) is 12.6. The van der Waals surface area contributed by atoms with Crippen LogP contribution >= 0.6 is 11.6 Å². The molecule has 1 heterocycles. The highest BCUT2D eigenvalue weighted by Gasteiger charge is 2.21. The molecule has 3 N–H and O–H groups in total. The monoisotopic (exact) mass is 306 g/mol. The summed E-state index contributed by atoms with van der Waals surface area (Å²) in [5.74, 6) is 7.15. The molecule has 2 aromatic rings. The number of nitrogen functional groups attached to an aromatic ring is 1. The number of benzene rings is 1. The first-order chi connectivity index (χ1) is 9.86. The van der Waals surface area contributed by atoms with E-state index in [1.807, 2.05) is 18.2 Å². The number of methoxy groups -OCH3 is 1. The molecule has 21 heavy (non-hydrogen) atoms. The molecule has 0 radical (unpaired) electrons. The summed E-state index contributed by atoms with van der Waals surface area (Å²) in [5.41, 5.74) is 3.95. The molecule has 0 amide bonds. The zero-order chi connectivity index (χ0) is 15.6. The molecule has 1 aromatic carbocycles. The van der Waals surface area contributed by atoms with E-state index >= 15 is 0 Å². The van der Waals surface area contributed by atoms with Crippen LogP contribution in [0.4, 0.5) is 5.82 Å². The Morgan fingerprint density at radius 1 is 1.24 bits per heavy atom. The summed E-state index contributed by atoms with van der Waals surface area (Å²) < 4.78 is 5.36. The lowest BCUT2D eigenvalue weighted by Crippen LogP contribution is -2.17. The zero-order valence-corrected chi connectivity index (χ0v) is 13.3. The summed E-state index contributed by atoms with van der Waals surface area (Å²) in [6.07, 6.45) is 0. The molecule has 0 bridgehead atoms. The Kier molecular flexibility index (Phi) is 4.34. The van der Waals surface area contributed by atoms with E-state index in [9.17, 15) is 0 Å². The van der Waals surface area contributed by atoms with Crippen molar-refractivity contribution in [2.24, 2.45) is 5.84 Å². The van der Waals surface area contributed by atoms with Crippen molar-refractivity contribution in [2.75, 3.05) is 12.5 Å². The lowest BCUT2D eigenvalue weighted by Gasteiger charge is -2.20. The fourth-order valence-electron chi connectivity index (χ4n) is 1.91. The second kappa shape index (κ2) is 5.87. The minimum absolute atomic E-state index is 0.141. The van der Waals surface area contributed by atoms with Gasteiger partial charge in [0.25, 0.3) is 0 Å². The Morgan fingerprint density at radius 2 is 1.95 bits per heavy atom. The number of halogens is 1. The molecule has 0 spiro atoms. The molecular formula is C15H19ClN4O. The summed E-state index contributed by atoms with van der Waals surface area (Å²) in [6.45, 7) is 6.22. The van der Waals surface area contributed by atoms with Gasteiger partial charge in [0.15, 0.2) is 5.82 Å². The summed E-state index contributed by atoms with van der Waals surface area (Å²) in [5, 5.41) is 0.531. The molecule has 5 nitrogen and oxygen atoms in total. The fourth-order valence-corrected chi connectivity index (χ4v) is 2.16. The van der Waals surface area contributed by atoms with Gasteiger partial charge >= 0.3 is 0 Å². The van der Waals surface area contributed by atoms with Gasteiger partial charge in [0, 0.05) is 11.5 Å². The number of hydrazine groups is 1. The van der Waals surface area contributed by atoms with Crippen molar-refractivity contribution in [1.29, 1.82) is 0 Å². The first-order valence-electron chi connectivity index (χ1n) is 6.56. The van der Waals surface area contributed by atoms with Crippen LogP contribution in [0.5, 0.6) is 5.75 Å². The largest absolute Gasteiger partial charge is 0.496 e. The Labute approximate surface area is 129 Å². The van der Waals surface area contributed by atoms with E-state index in [1.54, 1.807) is 13.2 Å². The van der Waals surface area contributed by atoms with Gasteiger partial charge < -0.3 is 10.2 Å². The fraction of sp³-hybridized carbons (Fsp3) is 0.333. The van der Waals surface area contributed by atoms with Crippen LogP contribution in [0.25, 0.3) is 11.4 Å². The number of nitrogens with one attached hydrogen (secondary N) is 1. The Hall–Kier alpha value is -1.85. The molecule has 0 aliphatic rings. The van der Waals surface area contributed by atoms with E-state index in [1.165, 1.54) is 0 Å². The molecule has 0 atom stereocenters. The number of rotatable bonds is 3. The van der Waals surface area contributed by atoms with Crippen molar-refractivity contribution in [2.45, 2.75) is 26.2 Å². The van der Waals surface area contributed by atoms with E-state index in [4.69, 9.17) is 22.2 Å². The van der Waals surface area contributed by atoms with Crippen LogP contribution in [0.1, 0.15) is 26.5 Å². The standard InChI is InChI=1S/C15H19ClN4O/c1-15(2,3)11-8-12(20-17)19-14(18-11)13-9(16)6-5-7-10(13)21-4/h5-8H,17H2,1-4H3,(H,18,19,20). The predicted octanol–water partition coefficient (Wildman–Crippen LogP) is 3.39. The molecule has 0 fully saturated rings. The quantitative estimate of drug-likeness (QED) is 0.671. The summed E-state index contributed by atoms with van der Waals surface area (Å²) in [7, 11) is 1.59. The van der Waals surface area contributed by atoms with Gasteiger partial charge in [0.2, 0.25) is 0 Å². The predicted molar refractivity (Wildman–Crippen MR) is 85.5 cm³/mol. The normalized spacial score (nSPS) is 11.3. The van der Waals surface area contributed by atoms with Crippen molar-refractivity contribution in [3.63, 3.8) is 0 Å². The third kappa shape index (κ3) is 3.25. The highest BCUT2D eigenvalue weighted by atomic mass is 35.5. The molecule has 0 saturated heterocycles. The maximum absolute atomic E-state index is 6.29. The van der Waals surface area contributed by atoms with E-state index in [0.29, 0.717) is 28.0 Å². The number of hydrogen-bond donors (Lipinski definition) is 2. The van der Waals surface area contributed by atoms with Crippen LogP contribution in [0, 0.1) is 0 Å². The van der Waals surface area contributed by atoms with Gasteiger partial charge in [-0.05, 0) is 12.1 Å². The highest BCUT2D eigenvalue weighted by Crippen LogP contribution is 2.36. The highest BCUT2D eigenvalue weighted by molar-refractivity contribution is 6.33. The summed E-state index contributed by atoms with van der Waals surface area (Å²) >= 11 is 6.29. The number of nitrogens with zero attached hydrogens (tertiary/aromatic N) is 2. The number of ether oxygens (including phenoxy) is 1. The first kappa shape index (κ1) is 15.5. The molecule has 0 aliphatic heterocycles. The summed E-state index contributed by atoms with van der Waals surface area (Å²) in [6, 6.07) is 7.25. The Balaban J connectivity index is 2.70. The first-order valence-corrected chi connectivity index (χ1v) is 6.93. The van der Waals surface area contributed by atoms with Crippen molar-refractivity contribution in [1.82, 2.24) is 9.97 Å². The molecule has 1 aromatic heterocycles. The molecule has 2 rings (SSSR count). The minimum Gasteiger partial charge on any atom is -0.496 e. The number of nitrogens with two attached hydrogens (primary N) is 1. The van der Waals surface area contributed by atoms with Gasteiger partial charge in [0.1, 0.15) is 11.6 Å². The third-order valence-corrected chi connectivity index (χ3v) is 3.38. The topological polar surface area (TPSA) is 73.1 Å². The van der Waals surface area contributed by atoms with Crippen LogP contribution in [0.2, 0.25) is 5.02 Å². The van der Waals surface area contributed by atoms with Crippen molar-refractivity contribution < 1.29 is 4.74 Å². The van der Waals surface area contributed by atoms with Gasteiger partial charge in [-0.15, -0.1) is 0 Å². The van der Waals surface area contributed by atoms with Gasteiger partial charge in [-0.3, -0.25) is 0 Å². The van der Waals surface area contributed by atoms with E-state index in [-0.39, 0.29) is 5.41 Å². The molecule has 0 saturated carbocycles. The third-order valence-electron chi connectivity index (χ3n) is 3.06. The molecule has 112 valence electrons. The maximum atomic E-state index is 6.29. The molecule has 6 heteroatoms. The van der Waals surface area contributed by atoms with Crippen LogP contribution in [0.3, 0.4) is 0 Å². The van der Waals surface area contributed by atoms with Gasteiger partial charge in [-0.1, -0.05) is 38.4 Å². The van der Waals surface area contributed by atoms with Crippen LogP contribution < -0.4 is 16.0 Å². The van der Waals surface area contributed by atoms with Crippen molar-refractivity contribution in [3.8, 4) is 17.1 Å². The lowest BCUT2D eigenvalue weighted by molar-refractivity contribution is 0.416. The Morgan fingerprint density at radius 3 is 2.52 bits per heavy atom. The van der Waals surface area contributed by atoms with Crippen molar-refractivity contribution in [3.05, 3.63) is 35.0 Å². The van der Waals surface area contributed by atoms with Gasteiger partial charge in [0.05, 0.1) is 23.4 Å². The molecule has 0 aliphatic carbocycles. The van der Waals surface area contributed by atoms with Gasteiger partial charge in [-0.2, -0.15) is 0 Å². The van der Waals surface area contributed by atoms with E-state index < -0.39 is 0 Å². The van der Waals surface area contributed by atoms with Crippen LogP contribution in [-0.2, 0) is 5.41 Å². The Bertz CT molecular complexity index is 653. The minimum atomic E-state index is -0.141. The summed E-state index contributed by atoms with van der Waals surface area (Å²) in [4.78, 5) is 9.01. The molecular weight excluding hydrogens is 288 g/mol. The average molecular weight is 307 g/mol. The SMILES string of the molecule is COc1cccc(Cl)c1-c1nc(NN)cc(C(C)(C)C)n1. The second-order valence-corrected chi connectivity index (χ2v) is 6.08. The van der Waals surface area contributed by atoms with Crippen molar-refractivity contribution >= 4 is 17.4 Å². The average Bonchev–Trinajstić information content (AvgIpc) is 2.45. The second-order valence-electron chi connectivity index (χ2n) is 5.67. The molecule has 0 unspecified atom stereocenters. The van der Waals surface area contributed by atoms with Crippen LogP contribution in [0.15, 0.2) is 24.3 Å². The lowest BCUT2D eigenvalue weighted by atomic mass is 9.92. The smallest absolute Gasteiger partial charge is 0.167 e. The van der Waals surface area contributed by atoms with Crippen LogP contribution in [-0.4, -0.2) is 17.1 Å². The maximum Gasteiger partial charge on any atom is 0.167 e. The van der Waals surface area contributed by atoms with Gasteiger partial charge in [-0.25, -0.2) is 15.8 Å². The number of anilines is 1. The van der Waals surface area contributed by atoms with E-state index in [0.717, 1.165) is 5.69 Å². The number of aromatic nitrogens is 2. The van der Waals surface area contributed by atoms with E-state index in [2.05, 4.69) is 36.2 Å². The number of hydrogen-bond acceptors (Lipinski definition) is 5.